The van der Waals surface area contributed by atoms with Gasteiger partial charge in [-0.25, -0.2) is 0 Å². The predicted molar refractivity (Wildman–Crippen MR) is 62.9 cm³/mol. The van der Waals surface area contributed by atoms with Crippen molar-refractivity contribution >= 4 is 11.6 Å². The van der Waals surface area contributed by atoms with Gasteiger partial charge in [0.2, 0.25) is 0 Å². The average molecular weight is 254 g/mol. The number of aliphatic hydroxyl groups is 1. The summed E-state index contributed by atoms with van der Waals surface area (Å²) in [6, 6.07) is 7.02. The molecule has 0 atom stereocenters. The zero-order chi connectivity index (χ0) is 12.3. The summed E-state index contributed by atoms with van der Waals surface area (Å²) in [5.41, 5.74) is 1.34. The van der Waals surface area contributed by atoms with E-state index >= 15 is 0 Å². The van der Waals surface area contributed by atoms with Gasteiger partial charge >= 0.3 is 0 Å². The molecule has 0 aliphatic carbocycles. The summed E-state index contributed by atoms with van der Waals surface area (Å²) < 4.78 is 10.5. The normalized spacial score (nSPS) is 10.5. The van der Waals surface area contributed by atoms with Crippen LogP contribution in [0, 0.1) is 6.92 Å². The molecule has 1 aromatic carbocycles. The number of aryl methyl sites for hydroxylation is 1. The molecule has 1 N–H and O–H groups in total. The van der Waals surface area contributed by atoms with Gasteiger partial charge < -0.3 is 14.4 Å². The summed E-state index contributed by atoms with van der Waals surface area (Å²) in [4.78, 5) is 0. The van der Waals surface area contributed by atoms with Crippen molar-refractivity contribution in [3.8, 4) is 5.75 Å². The Bertz CT molecular complexity index is 510. The van der Waals surface area contributed by atoms with Crippen LogP contribution in [0.5, 0.6) is 5.75 Å². The Morgan fingerprint density at radius 1 is 1.47 bits per heavy atom. The van der Waals surface area contributed by atoms with Gasteiger partial charge in [0.25, 0.3) is 0 Å². The number of ether oxygens (including phenoxy) is 1. The molecule has 0 saturated heterocycles. The van der Waals surface area contributed by atoms with Gasteiger partial charge in [0, 0.05) is 11.6 Å². The molecule has 0 saturated carbocycles. The molecule has 5 heteroatoms. The molecule has 0 aliphatic rings. The van der Waals surface area contributed by atoms with Crippen molar-refractivity contribution in [3.63, 3.8) is 0 Å². The first-order valence-electron chi connectivity index (χ1n) is 5.14. The van der Waals surface area contributed by atoms with Crippen LogP contribution in [0.15, 0.2) is 28.8 Å². The molecule has 90 valence electrons. The summed E-state index contributed by atoms with van der Waals surface area (Å²) in [7, 11) is 0. The highest BCUT2D eigenvalue weighted by atomic mass is 35.5. The van der Waals surface area contributed by atoms with Crippen molar-refractivity contribution in [1.29, 1.82) is 0 Å². The number of halogens is 1. The highest BCUT2D eigenvalue weighted by Crippen LogP contribution is 2.29. The third-order valence-electron chi connectivity index (χ3n) is 2.26. The van der Waals surface area contributed by atoms with Crippen molar-refractivity contribution in [2.45, 2.75) is 20.1 Å². The van der Waals surface area contributed by atoms with Gasteiger partial charge in [0.1, 0.15) is 23.8 Å². The van der Waals surface area contributed by atoms with Gasteiger partial charge in [0.15, 0.2) is 0 Å². The molecule has 1 aromatic heterocycles. The first kappa shape index (κ1) is 12.0. The third kappa shape index (κ3) is 2.78. The maximum absolute atomic E-state index is 9.17. The highest BCUT2D eigenvalue weighted by molar-refractivity contribution is 6.32. The molecular formula is C12H12ClNO3. The number of hydrogen-bond donors (Lipinski definition) is 1. The van der Waals surface area contributed by atoms with Crippen LogP contribution in [0.2, 0.25) is 5.02 Å². The third-order valence-corrected chi connectivity index (χ3v) is 2.56. The minimum atomic E-state index is -0.117. The molecule has 17 heavy (non-hydrogen) atoms. The molecule has 2 rings (SSSR count). The van der Waals surface area contributed by atoms with Gasteiger partial charge in [-0.15, -0.1) is 0 Å². The fourth-order valence-corrected chi connectivity index (χ4v) is 1.72. The number of rotatable bonds is 4. The van der Waals surface area contributed by atoms with E-state index in [0.29, 0.717) is 22.0 Å². The number of para-hydroxylation sites is 1. The summed E-state index contributed by atoms with van der Waals surface area (Å²) >= 11 is 6.00. The van der Waals surface area contributed by atoms with Crippen LogP contribution in [-0.2, 0) is 13.2 Å². The molecule has 0 bridgehead atoms. The first-order valence-corrected chi connectivity index (χ1v) is 5.51. The van der Waals surface area contributed by atoms with E-state index in [-0.39, 0.29) is 13.2 Å². The highest BCUT2D eigenvalue weighted by Gasteiger charge is 2.09. The summed E-state index contributed by atoms with van der Waals surface area (Å²) in [6.07, 6.45) is 0. The second-order valence-corrected chi connectivity index (χ2v) is 4.01. The number of aliphatic hydroxyl groups excluding tert-OH is 1. The van der Waals surface area contributed by atoms with Crippen molar-refractivity contribution in [1.82, 2.24) is 5.16 Å². The Morgan fingerprint density at radius 2 is 2.29 bits per heavy atom. The molecule has 0 spiro atoms. The van der Waals surface area contributed by atoms with E-state index in [2.05, 4.69) is 5.16 Å². The second kappa shape index (κ2) is 5.21. The lowest BCUT2D eigenvalue weighted by Crippen LogP contribution is -1.99. The fraction of sp³-hybridized carbons (Fsp3) is 0.250. The van der Waals surface area contributed by atoms with Crippen LogP contribution in [0.3, 0.4) is 0 Å². The quantitative estimate of drug-likeness (QED) is 0.910. The van der Waals surface area contributed by atoms with Crippen LogP contribution < -0.4 is 4.74 Å². The van der Waals surface area contributed by atoms with Crippen LogP contribution in [0.1, 0.15) is 17.0 Å². The number of hydrogen-bond acceptors (Lipinski definition) is 4. The number of aromatic nitrogens is 1. The first-order chi connectivity index (χ1) is 8.20. The zero-order valence-corrected chi connectivity index (χ0v) is 10.1. The van der Waals surface area contributed by atoms with Crippen LogP contribution >= 0.6 is 11.6 Å². The van der Waals surface area contributed by atoms with Gasteiger partial charge in [-0.3, -0.25) is 0 Å². The summed E-state index contributed by atoms with van der Waals surface area (Å²) in [5, 5.41) is 13.5. The minimum Gasteiger partial charge on any atom is -0.485 e. The summed E-state index contributed by atoms with van der Waals surface area (Å²) in [5.74, 6) is 1.21. The molecule has 0 unspecified atom stereocenters. The lowest BCUT2D eigenvalue weighted by molar-refractivity contribution is 0.254. The van der Waals surface area contributed by atoms with Crippen LogP contribution in [0.4, 0.5) is 0 Å². The largest absolute Gasteiger partial charge is 0.485 e. The maximum atomic E-state index is 9.17. The summed E-state index contributed by atoms with van der Waals surface area (Å²) in [6.45, 7) is 1.95. The molecule has 0 fully saturated rings. The van der Waals surface area contributed by atoms with Crippen LogP contribution in [0.25, 0.3) is 0 Å². The Morgan fingerprint density at radius 3 is 2.94 bits per heavy atom. The topological polar surface area (TPSA) is 55.5 Å². The van der Waals surface area contributed by atoms with E-state index in [0.717, 1.165) is 5.76 Å². The van der Waals surface area contributed by atoms with Crippen LogP contribution in [-0.4, -0.2) is 10.3 Å². The standard InChI is InChI=1S/C12H12ClNO3/c1-8-5-10(14-17-8)7-16-12-9(6-15)3-2-4-11(12)13/h2-5,15H,6-7H2,1H3. The number of benzene rings is 1. The molecule has 0 radical (unpaired) electrons. The molecule has 0 aliphatic heterocycles. The van der Waals surface area contributed by atoms with E-state index in [1.54, 1.807) is 24.3 Å². The Labute approximate surface area is 104 Å². The predicted octanol–water partition coefficient (Wildman–Crippen LogP) is 2.71. The lowest BCUT2D eigenvalue weighted by Gasteiger charge is -2.10. The monoisotopic (exact) mass is 253 g/mol. The molecule has 1 heterocycles. The van der Waals surface area contributed by atoms with Gasteiger partial charge in [-0.05, 0) is 13.0 Å². The zero-order valence-electron chi connectivity index (χ0n) is 9.31. The van der Waals surface area contributed by atoms with E-state index in [1.165, 1.54) is 0 Å². The van der Waals surface area contributed by atoms with Crippen molar-refractivity contribution in [3.05, 3.63) is 46.3 Å². The van der Waals surface area contributed by atoms with Crippen molar-refractivity contribution in [2.75, 3.05) is 0 Å². The van der Waals surface area contributed by atoms with E-state index in [9.17, 15) is 5.11 Å². The molecule has 0 amide bonds. The van der Waals surface area contributed by atoms with Gasteiger partial charge in [0.05, 0.1) is 11.6 Å². The maximum Gasteiger partial charge on any atom is 0.143 e. The second-order valence-electron chi connectivity index (χ2n) is 3.60. The van der Waals surface area contributed by atoms with E-state index < -0.39 is 0 Å². The molecule has 2 aromatic rings. The SMILES string of the molecule is Cc1cc(COc2c(Cl)cccc2CO)no1. The van der Waals surface area contributed by atoms with Crippen molar-refractivity contribution < 1.29 is 14.4 Å². The Hall–Kier alpha value is -1.52. The minimum absolute atomic E-state index is 0.117. The Kier molecular flexibility index (Phi) is 3.66. The lowest BCUT2D eigenvalue weighted by atomic mass is 10.2. The van der Waals surface area contributed by atoms with Gasteiger partial charge in [-0.2, -0.15) is 0 Å². The fourth-order valence-electron chi connectivity index (χ4n) is 1.47. The van der Waals surface area contributed by atoms with E-state index in [1.807, 2.05) is 6.92 Å². The number of nitrogens with zero attached hydrogens (tertiary/aromatic N) is 1. The van der Waals surface area contributed by atoms with Crippen molar-refractivity contribution in [2.24, 2.45) is 0 Å². The van der Waals surface area contributed by atoms with Gasteiger partial charge in [-0.1, -0.05) is 28.9 Å². The smallest absolute Gasteiger partial charge is 0.143 e. The molecular weight excluding hydrogens is 242 g/mol. The Balaban J connectivity index is 2.13. The average Bonchev–Trinajstić information content (AvgIpc) is 2.73. The molecule has 4 nitrogen and oxygen atoms in total. The van der Waals surface area contributed by atoms with E-state index in [4.69, 9.17) is 20.9 Å².